The second-order valence-corrected chi connectivity index (χ2v) is 6.60. The molecule has 1 aliphatic heterocycles. The van der Waals surface area contributed by atoms with Crippen molar-refractivity contribution in [2.75, 3.05) is 11.4 Å². The van der Waals surface area contributed by atoms with Crippen LogP contribution in [0.2, 0.25) is 0 Å². The molecule has 3 rings (SSSR count). The van der Waals surface area contributed by atoms with Crippen LogP contribution in [0.25, 0.3) is 0 Å². The zero-order valence-electron chi connectivity index (χ0n) is 14.0. The molecule has 1 aliphatic carbocycles. The smallest absolute Gasteiger partial charge is 0.312 e. The molecule has 6 heteroatoms. The number of nitrogens with zero attached hydrogens (tertiary/aromatic N) is 1. The standard InChI is InChI=1S/C18H22N2O4/c1-11-3-7-15(8-4-11)20-10-13(9-16(20)21)18(23)24-12(2)17(22)19-14-5-6-14/h3-4,7-8,12-14H,5-6,9-10H2,1-2H3,(H,19,22)/t12-,13-/m0/s1. The van der Waals surface area contributed by atoms with Crippen LogP contribution in [-0.2, 0) is 19.1 Å². The van der Waals surface area contributed by atoms with E-state index >= 15 is 0 Å². The van der Waals surface area contributed by atoms with Crippen molar-refractivity contribution in [2.24, 2.45) is 5.92 Å². The summed E-state index contributed by atoms with van der Waals surface area (Å²) in [6.07, 6.45) is 1.25. The summed E-state index contributed by atoms with van der Waals surface area (Å²) in [6, 6.07) is 7.82. The number of benzene rings is 1. The second kappa shape index (κ2) is 6.63. The third-order valence-corrected chi connectivity index (χ3v) is 4.39. The summed E-state index contributed by atoms with van der Waals surface area (Å²) in [7, 11) is 0. The molecule has 2 fully saturated rings. The van der Waals surface area contributed by atoms with E-state index in [1.807, 2.05) is 31.2 Å². The first-order valence-electron chi connectivity index (χ1n) is 8.32. The average Bonchev–Trinajstić information content (AvgIpc) is 3.27. The Bertz CT molecular complexity index is 651. The van der Waals surface area contributed by atoms with E-state index in [0.29, 0.717) is 0 Å². The lowest BCUT2D eigenvalue weighted by molar-refractivity contribution is -0.158. The molecule has 0 aromatic heterocycles. The van der Waals surface area contributed by atoms with Gasteiger partial charge in [0.15, 0.2) is 6.10 Å². The fourth-order valence-electron chi connectivity index (χ4n) is 2.71. The summed E-state index contributed by atoms with van der Waals surface area (Å²) in [5.74, 6) is -1.40. The van der Waals surface area contributed by atoms with Crippen molar-refractivity contribution in [3.8, 4) is 0 Å². The molecular formula is C18H22N2O4. The third-order valence-electron chi connectivity index (χ3n) is 4.39. The van der Waals surface area contributed by atoms with E-state index in [1.54, 1.807) is 11.8 Å². The van der Waals surface area contributed by atoms with Gasteiger partial charge < -0.3 is 15.0 Å². The quantitative estimate of drug-likeness (QED) is 0.831. The SMILES string of the molecule is Cc1ccc(N2C[C@@H](C(=O)O[C@@H](C)C(=O)NC3CC3)CC2=O)cc1. The number of amides is 2. The monoisotopic (exact) mass is 330 g/mol. The fraction of sp³-hybridized carbons (Fsp3) is 0.500. The van der Waals surface area contributed by atoms with Gasteiger partial charge >= 0.3 is 5.97 Å². The highest BCUT2D eigenvalue weighted by molar-refractivity contribution is 5.99. The van der Waals surface area contributed by atoms with E-state index in [-0.39, 0.29) is 30.8 Å². The van der Waals surface area contributed by atoms with Crippen LogP contribution in [0.3, 0.4) is 0 Å². The van der Waals surface area contributed by atoms with Crippen LogP contribution in [-0.4, -0.2) is 36.5 Å². The maximum absolute atomic E-state index is 12.3. The maximum Gasteiger partial charge on any atom is 0.312 e. The molecule has 128 valence electrons. The van der Waals surface area contributed by atoms with Gasteiger partial charge in [-0.25, -0.2) is 0 Å². The first-order valence-corrected chi connectivity index (χ1v) is 8.32. The van der Waals surface area contributed by atoms with Gasteiger partial charge in [-0.1, -0.05) is 17.7 Å². The van der Waals surface area contributed by atoms with Crippen molar-refractivity contribution in [2.45, 2.75) is 45.3 Å². The predicted octanol–water partition coefficient (Wildman–Crippen LogP) is 1.56. The summed E-state index contributed by atoms with van der Waals surface area (Å²) < 4.78 is 5.25. The normalized spacial score (nSPS) is 21.5. The zero-order chi connectivity index (χ0) is 17.3. The molecule has 0 spiro atoms. The Kier molecular flexibility index (Phi) is 4.55. The number of nitrogens with one attached hydrogen (secondary N) is 1. The van der Waals surface area contributed by atoms with Crippen molar-refractivity contribution in [1.29, 1.82) is 0 Å². The van der Waals surface area contributed by atoms with Gasteiger partial charge in [-0.15, -0.1) is 0 Å². The minimum Gasteiger partial charge on any atom is -0.452 e. The number of hydrogen-bond acceptors (Lipinski definition) is 4. The van der Waals surface area contributed by atoms with Crippen molar-refractivity contribution >= 4 is 23.5 Å². The summed E-state index contributed by atoms with van der Waals surface area (Å²) in [4.78, 5) is 37.9. The third kappa shape index (κ3) is 3.75. The summed E-state index contributed by atoms with van der Waals surface area (Å²) in [5.41, 5.74) is 1.89. The summed E-state index contributed by atoms with van der Waals surface area (Å²) >= 11 is 0. The highest BCUT2D eigenvalue weighted by Gasteiger charge is 2.37. The van der Waals surface area contributed by atoms with Gasteiger partial charge in [0.2, 0.25) is 5.91 Å². The molecule has 24 heavy (non-hydrogen) atoms. The second-order valence-electron chi connectivity index (χ2n) is 6.60. The predicted molar refractivity (Wildman–Crippen MR) is 88.4 cm³/mol. The number of hydrogen-bond donors (Lipinski definition) is 1. The molecule has 1 aromatic rings. The van der Waals surface area contributed by atoms with Gasteiger partial charge in [0.05, 0.1) is 5.92 Å². The summed E-state index contributed by atoms with van der Waals surface area (Å²) in [5, 5.41) is 2.80. The molecule has 0 bridgehead atoms. The highest BCUT2D eigenvalue weighted by atomic mass is 16.5. The van der Waals surface area contributed by atoms with Crippen LogP contribution in [0, 0.1) is 12.8 Å². The molecule has 0 unspecified atom stereocenters. The molecule has 2 aliphatic rings. The molecule has 0 radical (unpaired) electrons. The molecule has 6 nitrogen and oxygen atoms in total. The molecule has 1 saturated heterocycles. The van der Waals surface area contributed by atoms with Gasteiger partial charge in [0.1, 0.15) is 0 Å². The molecule has 1 heterocycles. The molecule has 1 saturated carbocycles. The minimum atomic E-state index is -0.832. The van der Waals surface area contributed by atoms with E-state index in [4.69, 9.17) is 4.74 Å². The lowest BCUT2D eigenvalue weighted by atomic mass is 10.1. The molecular weight excluding hydrogens is 308 g/mol. The Labute approximate surface area is 141 Å². The number of ether oxygens (including phenoxy) is 1. The van der Waals surface area contributed by atoms with E-state index < -0.39 is 18.0 Å². The molecule has 1 N–H and O–H groups in total. The Hall–Kier alpha value is -2.37. The van der Waals surface area contributed by atoms with Gasteiger partial charge in [-0.3, -0.25) is 14.4 Å². The molecule has 2 atom stereocenters. The first kappa shape index (κ1) is 16.5. The van der Waals surface area contributed by atoms with Crippen LogP contribution in [0.15, 0.2) is 24.3 Å². The van der Waals surface area contributed by atoms with E-state index in [2.05, 4.69) is 5.32 Å². The van der Waals surface area contributed by atoms with Crippen LogP contribution < -0.4 is 10.2 Å². The maximum atomic E-state index is 12.3. The van der Waals surface area contributed by atoms with Crippen LogP contribution in [0.5, 0.6) is 0 Å². The van der Waals surface area contributed by atoms with Gasteiger partial charge in [0.25, 0.3) is 5.91 Å². The van der Waals surface area contributed by atoms with Crippen molar-refractivity contribution < 1.29 is 19.1 Å². The Balaban J connectivity index is 1.57. The number of anilines is 1. The highest BCUT2D eigenvalue weighted by Crippen LogP contribution is 2.26. The van der Waals surface area contributed by atoms with Crippen LogP contribution >= 0.6 is 0 Å². The van der Waals surface area contributed by atoms with Crippen molar-refractivity contribution in [3.63, 3.8) is 0 Å². The molecule has 1 aromatic carbocycles. The number of aryl methyl sites for hydroxylation is 1. The number of esters is 1. The fourth-order valence-corrected chi connectivity index (χ4v) is 2.71. The van der Waals surface area contributed by atoms with Gasteiger partial charge in [-0.05, 0) is 38.8 Å². The van der Waals surface area contributed by atoms with Crippen LogP contribution in [0.4, 0.5) is 5.69 Å². The van der Waals surface area contributed by atoms with Crippen molar-refractivity contribution in [1.82, 2.24) is 5.32 Å². The molecule has 2 amide bonds. The zero-order valence-corrected chi connectivity index (χ0v) is 14.0. The van der Waals surface area contributed by atoms with Crippen LogP contribution in [0.1, 0.15) is 31.7 Å². The first-order chi connectivity index (χ1) is 11.4. The summed E-state index contributed by atoms with van der Waals surface area (Å²) in [6.45, 7) is 3.83. The largest absolute Gasteiger partial charge is 0.452 e. The topological polar surface area (TPSA) is 75.7 Å². The van der Waals surface area contributed by atoms with Gasteiger partial charge in [-0.2, -0.15) is 0 Å². The number of rotatable bonds is 5. The lowest BCUT2D eigenvalue weighted by Gasteiger charge is -2.18. The Morgan fingerprint density at radius 2 is 1.92 bits per heavy atom. The lowest BCUT2D eigenvalue weighted by Crippen LogP contribution is -2.38. The number of carbonyl (C=O) groups is 3. The van der Waals surface area contributed by atoms with E-state index in [0.717, 1.165) is 24.1 Å². The Morgan fingerprint density at radius 3 is 2.54 bits per heavy atom. The average molecular weight is 330 g/mol. The Morgan fingerprint density at radius 1 is 1.25 bits per heavy atom. The van der Waals surface area contributed by atoms with E-state index in [9.17, 15) is 14.4 Å². The van der Waals surface area contributed by atoms with E-state index in [1.165, 1.54) is 0 Å². The number of carbonyl (C=O) groups excluding carboxylic acids is 3. The minimum absolute atomic E-state index is 0.101. The van der Waals surface area contributed by atoms with Gasteiger partial charge in [0, 0.05) is 24.7 Å². The van der Waals surface area contributed by atoms with Crippen molar-refractivity contribution in [3.05, 3.63) is 29.8 Å².